The highest BCUT2D eigenvalue weighted by Crippen LogP contribution is 2.28. The molecule has 0 saturated carbocycles. The van der Waals surface area contributed by atoms with Gasteiger partial charge in [-0.25, -0.2) is 0 Å². The van der Waals surface area contributed by atoms with Crippen molar-refractivity contribution in [3.05, 3.63) is 58.1 Å². The molecule has 2 aromatic carbocycles. The van der Waals surface area contributed by atoms with Crippen molar-refractivity contribution in [3.63, 3.8) is 0 Å². The number of rotatable bonds is 7. The summed E-state index contributed by atoms with van der Waals surface area (Å²) in [6.07, 6.45) is 0.857. The van der Waals surface area contributed by atoms with Crippen LogP contribution in [-0.2, 0) is 0 Å². The van der Waals surface area contributed by atoms with Gasteiger partial charge in [0.15, 0.2) is 5.11 Å². The summed E-state index contributed by atoms with van der Waals surface area (Å²) in [4.78, 5) is 22.8. The number of amides is 1. The monoisotopic (exact) mass is 389 g/mol. The molecule has 0 spiro atoms. The summed E-state index contributed by atoms with van der Waals surface area (Å²) in [5.74, 6) is 0.509. The number of nitrogens with one attached hydrogen (secondary N) is 2. The molecule has 2 aromatic rings. The molecule has 8 nitrogen and oxygen atoms in total. The van der Waals surface area contributed by atoms with Crippen LogP contribution in [0.4, 0.5) is 11.4 Å². The summed E-state index contributed by atoms with van der Waals surface area (Å²) in [6, 6.07) is 10.7. The number of nitro groups is 1. The molecule has 0 aliphatic rings. The number of ether oxygens (including phenoxy) is 2. The highest BCUT2D eigenvalue weighted by molar-refractivity contribution is 7.80. The van der Waals surface area contributed by atoms with Gasteiger partial charge in [0, 0.05) is 17.7 Å². The molecule has 142 valence electrons. The van der Waals surface area contributed by atoms with Gasteiger partial charge in [-0.15, -0.1) is 0 Å². The zero-order valence-electron chi connectivity index (χ0n) is 14.9. The van der Waals surface area contributed by atoms with Crippen molar-refractivity contribution in [2.75, 3.05) is 19.0 Å². The van der Waals surface area contributed by atoms with Crippen molar-refractivity contribution in [2.45, 2.75) is 13.3 Å². The number of benzene rings is 2. The van der Waals surface area contributed by atoms with Crippen LogP contribution in [0.1, 0.15) is 23.7 Å². The number of methoxy groups -OCH3 is 1. The van der Waals surface area contributed by atoms with Gasteiger partial charge >= 0.3 is 0 Å². The number of thiocarbonyl (C=S) groups is 1. The largest absolute Gasteiger partial charge is 0.495 e. The maximum absolute atomic E-state index is 12.4. The van der Waals surface area contributed by atoms with E-state index < -0.39 is 10.8 Å². The fraction of sp³-hybridized carbons (Fsp3) is 0.222. The number of anilines is 1. The van der Waals surface area contributed by atoms with E-state index in [0.717, 1.165) is 6.42 Å². The van der Waals surface area contributed by atoms with E-state index in [0.29, 0.717) is 23.7 Å². The second-order valence-corrected chi connectivity index (χ2v) is 5.83. The fourth-order valence-electron chi connectivity index (χ4n) is 2.18. The van der Waals surface area contributed by atoms with Gasteiger partial charge in [-0.05, 0) is 42.9 Å². The van der Waals surface area contributed by atoms with Crippen molar-refractivity contribution in [3.8, 4) is 11.5 Å². The number of hydrogen-bond acceptors (Lipinski definition) is 6. The van der Waals surface area contributed by atoms with E-state index in [2.05, 4.69) is 10.6 Å². The normalized spacial score (nSPS) is 10.0. The minimum Gasteiger partial charge on any atom is -0.495 e. The Hall–Kier alpha value is -3.20. The van der Waals surface area contributed by atoms with Gasteiger partial charge in [-0.2, -0.15) is 0 Å². The van der Waals surface area contributed by atoms with Crippen molar-refractivity contribution < 1.29 is 19.2 Å². The Morgan fingerprint density at radius 3 is 2.70 bits per heavy atom. The van der Waals surface area contributed by atoms with Crippen LogP contribution in [0.3, 0.4) is 0 Å². The highest BCUT2D eigenvalue weighted by atomic mass is 32.1. The molecule has 0 aromatic heterocycles. The van der Waals surface area contributed by atoms with E-state index in [1.54, 1.807) is 24.3 Å². The van der Waals surface area contributed by atoms with Crippen LogP contribution in [0, 0.1) is 10.1 Å². The highest BCUT2D eigenvalue weighted by Gasteiger charge is 2.14. The average Bonchev–Trinajstić information content (AvgIpc) is 2.66. The first-order valence-corrected chi connectivity index (χ1v) is 8.53. The van der Waals surface area contributed by atoms with E-state index >= 15 is 0 Å². The van der Waals surface area contributed by atoms with Gasteiger partial charge in [0.25, 0.3) is 11.6 Å². The second-order valence-electron chi connectivity index (χ2n) is 5.43. The molecule has 2 rings (SSSR count). The molecule has 1 amide bonds. The van der Waals surface area contributed by atoms with E-state index in [-0.39, 0.29) is 16.5 Å². The Kier molecular flexibility index (Phi) is 7.07. The van der Waals surface area contributed by atoms with E-state index in [4.69, 9.17) is 21.7 Å². The molecule has 27 heavy (non-hydrogen) atoms. The lowest BCUT2D eigenvalue weighted by molar-refractivity contribution is -0.384. The smallest absolute Gasteiger partial charge is 0.271 e. The zero-order valence-corrected chi connectivity index (χ0v) is 15.7. The van der Waals surface area contributed by atoms with Crippen LogP contribution in [0.25, 0.3) is 0 Å². The number of hydrogen-bond donors (Lipinski definition) is 2. The Bertz CT molecular complexity index is 857. The van der Waals surface area contributed by atoms with Crippen molar-refractivity contribution in [1.82, 2.24) is 5.32 Å². The molecular weight excluding hydrogens is 370 g/mol. The SMILES string of the molecule is CCCOc1cccc(C(=O)NC(=S)Nc2cc([N+](=O)[O-])ccc2OC)c1. The van der Waals surface area contributed by atoms with Crippen molar-refractivity contribution in [2.24, 2.45) is 0 Å². The first-order valence-electron chi connectivity index (χ1n) is 8.12. The molecule has 0 fully saturated rings. The molecule has 0 heterocycles. The van der Waals surface area contributed by atoms with Gasteiger partial charge < -0.3 is 14.8 Å². The van der Waals surface area contributed by atoms with Crippen LogP contribution < -0.4 is 20.1 Å². The Morgan fingerprint density at radius 2 is 2.04 bits per heavy atom. The van der Waals surface area contributed by atoms with Gasteiger partial charge in [-0.3, -0.25) is 20.2 Å². The molecule has 0 aliphatic heterocycles. The van der Waals surface area contributed by atoms with Crippen molar-refractivity contribution in [1.29, 1.82) is 0 Å². The van der Waals surface area contributed by atoms with Crippen LogP contribution in [0.2, 0.25) is 0 Å². The minimum atomic E-state index is -0.534. The summed E-state index contributed by atoms with van der Waals surface area (Å²) < 4.78 is 10.7. The standard InChI is InChI=1S/C18H19N3O5S/c1-3-9-26-14-6-4-5-12(10-14)17(22)20-18(27)19-15-11-13(21(23)24)7-8-16(15)25-2/h4-8,10-11H,3,9H2,1-2H3,(H2,19,20,22,27). The summed E-state index contributed by atoms with van der Waals surface area (Å²) in [7, 11) is 1.43. The van der Waals surface area contributed by atoms with E-state index in [1.165, 1.54) is 25.3 Å². The number of nitro benzene ring substituents is 1. The maximum atomic E-state index is 12.4. The van der Waals surface area contributed by atoms with Crippen LogP contribution in [-0.4, -0.2) is 29.7 Å². The lowest BCUT2D eigenvalue weighted by atomic mass is 10.2. The molecule has 0 unspecified atom stereocenters. The Morgan fingerprint density at radius 1 is 1.26 bits per heavy atom. The van der Waals surface area contributed by atoms with E-state index in [9.17, 15) is 14.9 Å². The molecule has 0 saturated heterocycles. The van der Waals surface area contributed by atoms with Gasteiger partial charge in [-0.1, -0.05) is 13.0 Å². The summed E-state index contributed by atoms with van der Waals surface area (Å²) in [5.41, 5.74) is 0.518. The quantitative estimate of drug-likeness (QED) is 0.424. The zero-order chi connectivity index (χ0) is 19.8. The van der Waals surface area contributed by atoms with Gasteiger partial charge in [0.1, 0.15) is 11.5 Å². The molecule has 0 bridgehead atoms. The lowest BCUT2D eigenvalue weighted by Gasteiger charge is -2.13. The Balaban J connectivity index is 2.08. The van der Waals surface area contributed by atoms with Gasteiger partial charge in [0.2, 0.25) is 0 Å². The van der Waals surface area contributed by atoms with Crippen LogP contribution in [0.15, 0.2) is 42.5 Å². The molecule has 2 N–H and O–H groups in total. The van der Waals surface area contributed by atoms with Crippen LogP contribution >= 0.6 is 12.2 Å². The lowest BCUT2D eigenvalue weighted by Crippen LogP contribution is -2.34. The molecule has 9 heteroatoms. The maximum Gasteiger partial charge on any atom is 0.271 e. The molecule has 0 aliphatic carbocycles. The molecule has 0 atom stereocenters. The van der Waals surface area contributed by atoms with Crippen molar-refractivity contribution >= 4 is 34.6 Å². The van der Waals surface area contributed by atoms with E-state index in [1.807, 2.05) is 6.92 Å². The summed E-state index contributed by atoms with van der Waals surface area (Å²) in [6.45, 7) is 2.54. The number of carbonyl (C=O) groups excluding carboxylic acids is 1. The predicted molar refractivity (Wildman–Crippen MR) is 106 cm³/mol. The topological polar surface area (TPSA) is 103 Å². The Labute approximate surface area is 161 Å². The first-order chi connectivity index (χ1) is 12.9. The third kappa shape index (κ3) is 5.65. The third-order valence-corrected chi connectivity index (χ3v) is 3.64. The third-order valence-electron chi connectivity index (χ3n) is 3.44. The number of nitrogens with zero attached hydrogens (tertiary/aromatic N) is 1. The number of carbonyl (C=O) groups is 1. The summed E-state index contributed by atoms with van der Waals surface area (Å²) >= 11 is 5.13. The van der Waals surface area contributed by atoms with Crippen LogP contribution in [0.5, 0.6) is 11.5 Å². The second kappa shape index (κ2) is 9.48. The van der Waals surface area contributed by atoms with Gasteiger partial charge in [0.05, 0.1) is 24.3 Å². The molecule has 0 radical (unpaired) electrons. The minimum absolute atomic E-state index is 0.0151. The first kappa shape index (κ1) is 20.1. The predicted octanol–water partition coefficient (Wildman–Crippen LogP) is 3.52. The fourth-order valence-corrected chi connectivity index (χ4v) is 2.39. The number of non-ortho nitro benzene ring substituents is 1. The molecular formula is C18H19N3O5S. The summed E-state index contributed by atoms with van der Waals surface area (Å²) in [5, 5.41) is 16.2. The average molecular weight is 389 g/mol.